The molecule has 5 atom stereocenters. The number of aliphatic carboxylic acids is 1. The first-order chi connectivity index (χ1) is 13.6. The van der Waals surface area contributed by atoms with E-state index < -0.39 is 34.3 Å². The van der Waals surface area contributed by atoms with E-state index in [4.69, 9.17) is 19.3 Å². The van der Waals surface area contributed by atoms with E-state index in [1.54, 1.807) is 0 Å². The van der Waals surface area contributed by atoms with Crippen LogP contribution in [0, 0.1) is 5.92 Å². The second-order valence-corrected chi connectivity index (χ2v) is 21.7. The molecule has 0 amide bonds. The fraction of sp³-hybridized carbons (Fsp3) is 0.667. The zero-order valence-electron chi connectivity index (χ0n) is 18.8. The van der Waals surface area contributed by atoms with E-state index in [-0.39, 0.29) is 30.1 Å². The Balaban J connectivity index is 0.000000274. The lowest BCUT2D eigenvalue weighted by Gasteiger charge is -2.24. The molecule has 0 aromatic rings. The molecule has 3 aliphatic rings. The zero-order valence-corrected chi connectivity index (χ0v) is 20.8. The smallest absolute Gasteiger partial charge is 0.333 e. The predicted molar refractivity (Wildman–Crippen MR) is 119 cm³/mol. The highest BCUT2D eigenvalue weighted by Crippen LogP contribution is 2.47. The maximum atomic E-state index is 12.1. The largest absolute Gasteiger partial charge is 0.478 e. The molecule has 168 valence electrons. The average Bonchev–Trinajstić information content (AvgIpc) is 3.17. The molecule has 3 rings (SSSR count). The second-order valence-electron chi connectivity index (χ2n) is 10.7. The SMILES string of the molecule is C=C(C[Si](C)(C)C)C(=O)O.C=C(C[Si](C)(C)C)C(=O)OC1C2CC3C(=O)OC1C3O2. The molecule has 0 saturated carbocycles. The molecule has 0 aromatic carbocycles. The molecule has 0 aromatic heterocycles. The molecule has 5 unspecified atom stereocenters. The maximum Gasteiger partial charge on any atom is 0.333 e. The number of fused-ring (bicyclic) bond motifs is 1. The molecular formula is C21H34O7Si2. The lowest BCUT2D eigenvalue weighted by atomic mass is 9.88. The van der Waals surface area contributed by atoms with Crippen LogP contribution in [0.3, 0.4) is 0 Å². The zero-order chi connectivity index (χ0) is 23.0. The van der Waals surface area contributed by atoms with E-state index in [1.807, 2.05) is 0 Å². The van der Waals surface area contributed by atoms with Gasteiger partial charge in [0.25, 0.3) is 0 Å². The summed E-state index contributed by atoms with van der Waals surface area (Å²) in [6.45, 7) is 20.2. The monoisotopic (exact) mass is 454 g/mol. The van der Waals surface area contributed by atoms with E-state index in [1.165, 1.54) is 0 Å². The number of ether oxygens (including phenoxy) is 3. The first-order valence-corrected chi connectivity index (χ1v) is 17.7. The molecular weight excluding hydrogens is 420 g/mol. The molecule has 3 aliphatic heterocycles. The number of carboxylic acid groups (broad SMARTS) is 1. The van der Waals surface area contributed by atoms with E-state index in [0.29, 0.717) is 29.7 Å². The molecule has 1 N–H and O–H groups in total. The number of hydrogen-bond donors (Lipinski definition) is 1. The van der Waals surface area contributed by atoms with E-state index >= 15 is 0 Å². The molecule has 30 heavy (non-hydrogen) atoms. The van der Waals surface area contributed by atoms with Gasteiger partial charge in [-0.3, -0.25) is 4.79 Å². The molecule has 9 heteroatoms. The van der Waals surface area contributed by atoms with Crippen molar-refractivity contribution in [3.8, 4) is 0 Å². The number of carbonyl (C=O) groups is 3. The standard InChI is InChI=1S/C14H20O5Si.C7H14O2Si/c1-7(6-20(2,3)4)13(15)18-11-9-5-8-10(17-9)12(11)19-14(8)16;1-6(7(8)9)5-10(2,3)4/h8-12H,1,5-6H2,2-4H3;1,5H2,2-4H3,(H,8,9). The van der Waals surface area contributed by atoms with Crippen LogP contribution in [0.2, 0.25) is 51.4 Å². The Labute approximate surface area is 180 Å². The summed E-state index contributed by atoms with van der Waals surface area (Å²) >= 11 is 0. The Kier molecular flexibility index (Phi) is 7.20. The fourth-order valence-electron chi connectivity index (χ4n) is 4.02. The summed E-state index contributed by atoms with van der Waals surface area (Å²) in [6, 6.07) is 1.39. The first-order valence-electron chi connectivity index (χ1n) is 10.2. The lowest BCUT2D eigenvalue weighted by Crippen LogP contribution is -2.40. The first kappa shape index (κ1) is 24.6. The highest BCUT2D eigenvalue weighted by Gasteiger charge is 2.65. The van der Waals surface area contributed by atoms with Crippen LogP contribution in [0.5, 0.6) is 0 Å². The minimum Gasteiger partial charge on any atom is -0.478 e. The molecule has 0 spiro atoms. The van der Waals surface area contributed by atoms with Crippen LogP contribution in [0.4, 0.5) is 0 Å². The van der Waals surface area contributed by atoms with Crippen molar-refractivity contribution in [2.75, 3.05) is 0 Å². The van der Waals surface area contributed by atoms with Crippen molar-refractivity contribution in [2.45, 2.75) is 82.2 Å². The van der Waals surface area contributed by atoms with Crippen molar-refractivity contribution >= 4 is 34.1 Å². The lowest BCUT2D eigenvalue weighted by molar-refractivity contribution is -0.157. The number of hydrogen-bond acceptors (Lipinski definition) is 6. The number of rotatable bonds is 7. The van der Waals surface area contributed by atoms with Gasteiger partial charge < -0.3 is 19.3 Å². The molecule has 0 radical (unpaired) electrons. The minimum atomic E-state index is -1.40. The normalized spacial score (nSPS) is 29.0. The Morgan fingerprint density at radius 2 is 1.57 bits per heavy atom. The van der Waals surface area contributed by atoms with Crippen molar-refractivity contribution in [1.82, 2.24) is 0 Å². The van der Waals surface area contributed by atoms with E-state index in [0.717, 1.165) is 0 Å². The second kappa shape index (κ2) is 8.80. The Morgan fingerprint density at radius 3 is 2.03 bits per heavy atom. The highest BCUT2D eigenvalue weighted by atomic mass is 28.3. The van der Waals surface area contributed by atoms with Crippen LogP contribution >= 0.6 is 0 Å². The fourth-order valence-corrected chi connectivity index (χ4v) is 6.87. The van der Waals surface area contributed by atoms with Crippen LogP contribution in [-0.2, 0) is 28.6 Å². The van der Waals surface area contributed by atoms with Crippen LogP contribution in [-0.4, -0.2) is 63.6 Å². The number of esters is 2. The third-order valence-corrected chi connectivity index (χ3v) is 8.08. The van der Waals surface area contributed by atoms with Gasteiger partial charge in [0.1, 0.15) is 6.10 Å². The van der Waals surface area contributed by atoms with Gasteiger partial charge in [-0.2, -0.15) is 0 Å². The van der Waals surface area contributed by atoms with Gasteiger partial charge in [-0.05, 0) is 18.5 Å². The van der Waals surface area contributed by atoms with Crippen LogP contribution in [0.25, 0.3) is 0 Å². The highest BCUT2D eigenvalue weighted by molar-refractivity contribution is 6.77. The van der Waals surface area contributed by atoms with Gasteiger partial charge in [0.2, 0.25) is 0 Å². The summed E-state index contributed by atoms with van der Waals surface area (Å²) in [4.78, 5) is 34.0. The van der Waals surface area contributed by atoms with Crippen molar-refractivity contribution in [2.24, 2.45) is 5.92 Å². The van der Waals surface area contributed by atoms with Gasteiger partial charge in [0.15, 0.2) is 12.2 Å². The molecule has 3 heterocycles. The van der Waals surface area contributed by atoms with Crippen molar-refractivity contribution < 1.29 is 33.7 Å². The van der Waals surface area contributed by atoms with Crippen LogP contribution in [0.15, 0.2) is 24.3 Å². The molecule has 3 fully saturated rings. The van der Waals surface area contributed by atoms with Crippen molar-refractivity contribution in [1.29, 1.82) is 0 Å². The van der Waals surface area contributed by atoms with Gasteiger partial charge in [0, 0.05) is 27.3 Å². The third-order valence-electron chi connectivity index (χ3n) is 5.11. The third kappa shape index (κ3) is 6.15. The summed E-state index contributed by atoms with van der Waals surface area (Å²) in [5, 5.41) is 8.47. The summed E-state index contributed by atoms with van der Waals surface area (Å²) < 4.78 is 16.5. The number of carbonyl (C=O) groups excluding carboxylic acids is 2. The van der Waals surface area contributed by atoms with Crippen LogP contribution < -0.4 is 0 Å². The Bertz CT molecular complexity index is 747. The summed E-state index contributed by atoms with van der Waals surface area (Å²) in [7, 11) is -2.66. The van der Waals surface area contributed by atoms with Gasteiger partial charge in [0.05, 0.1) is 12.0 Å². The molecule has 7 nitrogen and oxygen atoms in total. The maximum absolute atomic E-state index is 12.1. The van der Waals surface area contributed by atoms with E-state index in [2.05, 4.69) is 52.4 Å². The Morgan fingerprint density at radius 1 is 1.03 bits per heavy atom. The summed E-state index contributed by atoms with van der Waals surface area (Å²) in [5.74, 6) is -1.62. The van der Waals surface area contributed by atoms with Gasteiger partial charge >= 0.3 is 17.9 Å². The van der Waals surface area contributed by atoms with Gasteiger partial charge in [-0.25, -0.2) is 9.59 Å². The quantitative estimate of drug-likeness (QED) is 0.357. The summed E-state index contributed by atoms with van der Waals surface area (Å²) in [6.07, 6.45) is -0.720. The van der Waals surface area contributed by atoms with E-state index in [9.17, 15) is 14.4 Å². The Hall–Kier alpha value is -1.72. The van der Waals surface area contributed by atoms with Crippen molar-refractivity contribution in [3.63, 3.8) is 0 Å². The topological polar surface area (TPSA) is 99.1 Å². The molecule has 3 saturated heterocycles. The summed E-state index contributed by atoms with van der Waals surface area (Å²) in [5.41, 5.74) is 0.854. The number of carboxylic acids is 1. The molecule has 0 aliphatic carbocycles. The van der Waals surface area contributed by atoms with Crippen molar-refractivity contribution in [3.05, 3.63) is 24.3 Å². The average molecular weight is 455 g/mol. The van der Waals surface area contributed by atoms with Crippen LogP contribution in [0.1, 0.15) is 6.42 Å². The molecule has 2 bridgehead atoms. The van der Waals surface area contributed by atoms with Gasteiger partial charge in [-0.1, -0.05) is 52.4 Å². The minimum absolute atomic E-state index is 0.162. The predicted octanol–water partition coefficient (Wildman–Crippen LogP) is 3.47. The van der Waals surface area contributed by atoms with Gasteiger partial charge in [-0.15, -0.1) is 0 Å².